The molecule has 9 heteroatoms. The number of carbonyl (C=O) groups excluding carboxylic acids is 1. The molecule has 1 aromatic carbocycles. The maximum Gasteiger partial charge on any atom is 0.310 e. The SMILES string of the molecule is C[C@H]1CCCC[C@@H]1NC(=S)NNC(=O)COc1ccccc1[N+](=O)[O-]. The highest BCUT2D eigenvalue weighted by molar-refractivity contribution is 7.80. The first-order valence-electron chi connectivity index (χ1n) is 8.19. The first-order valence-corrected chi connectivity index (χ1v) is 8.59. The Balaban J connectivity index is 1.73. The zero-order valence-corrected chi connectivity index (χ0v) is 14.8. The molecule has 1 amide bonds. The van der Waals surface area contributed by atoms with Gasteiger partial charge in [0.05, 0.1) is 4.92 Å². The Bertz CT molecular complexity index is 640. The minimum absolute atomic E-state index is 0.0411. The first kappa shape index (κ1) is 18.9. The van der Waals surface area contributed by atoms with Gasteiger partial charge in [0.15, 0.2) is 17.5 Å². The van der Waals surface area contributed by atoms with Crippen molar-refractivity contribution < 1.29 is 14.5 Å². The van der Waals surface area contributed by atoms with Crippen LogP contribution < -0.4 is 20.9 Å². The molecule has 1 fully saturated rings. The summed E-state index contributed by atoms with van der Waals surface area (Å²) in [6.07, 6.45) is 4.62. The van der Waals surface area contributed by atoms with Crippen LogP contribution in [0.25, 0.3) is 0 Å². The molecule has 0 aromatic heterocycles. The van der Waals surface area contributed by atoms with Crippen LogP contribution in [0.15, 0.2) is 24.3 Å². The third-order valence-corrected chi connectivity index (χ3v) is 4.38. The highest BCUT2D eigenvalue weighted by Crippen LogP contribution is 2.25. The summed E-state index contributed by atoms with van der Waals surface area (Å²) in [5.41, 5.74) is 4.86. The van der Waals surface area contributed by atoms with E-state index in [0.717, 1.165) is 12.8 Å². The molecule has 1 aliphatic rings. The molecule has 0 aliphatic heterocycles. The molecule has 0 saturated heterocycles. The fourth-order valence-corrected chi connectivity index (χ4v) is 2.97. The predicted molar refractivity (Wildman–Crippen MR) is 97.0 cm³/mol. The third-order valence-electron chi connectivity index (χ3n) is 4.16. The fourth-order valence-electron chi connectivity index (χ4n) is 2.77. The van der Waals surface area contributed by atoms with Gasteiger partial charge in [-0.2, -0.15) is 0 Å². The summed E-state index contributed by atoms with van der Waals surface area (Å²) in [6, 6.07) is 6.19. The van der Waals surface area contributed by atoms with Gasteiger partial charge in [0, 0.05) is 12.1 Å². The van der Waals surface area contributed by atoms with Crippen LogP contribution in [0.3, 0.4) is 0 Å². The Hall–Kier alpha value is -2.42. The van der Waals surface area contributed by atoms with Gasteiger partial charge in [-0.15, -0.1) is 0 Å². The molecule has 0 bridgehead atoms. The second-order valence-electron chi connectivity index (χ2n) is 6.03. The summed E-state index contributed by atoms with van der Waals surface area (Å²) in [6.45, 7) is 1.82. The van der Waals surface area contributed by atoms with Gasteiger partial charge < -0.3 is 10.1 Å². The fraction of sp³-hybridized carbons (Fsp3) is 0.500. The van der Waals surface area contributed by atoms with Crippen LogP contribution in [0.4, 0.5) is 5.69 Å². The molecule has 136 valence electrons. The van der Waals surface area contributed by atoms with Gasteiger partial charge in [0.25, 0.3) is 5.91 Å². The lowest BCUT2D eigenvalue weighted by Gasteiger charge is -2.30. The smallest absolute Gasteiger partial charge is 0.310 e. The lowest BCUT2D eigenvalue weighted by Crippen LogP contribution is -2.52. The number of nitro benzene ring substituents is 1. The zero-order chi connectivity index (χ0) is 18.2. The molecule has 0 radical (unpaired) electrons. The number of carbonyl (C=O) groups is 1. The standard InChI is InChI=1S/C16H22N4O4S/c1-11-6-2-3-7-12(11)17-16(25)19-18-15(21)10-24-14-9-5-4-8-13(14)20(22)23/h4-5,8-9,11-12H,2-3,6-7,10H2,1H3,(H,18,21)(H2,17,19,25)/t11-,12-/m0/s1. The van der Waals surface area contributed by atoms with Crippen molar-refractivity contribution in [3.63, 3.8) is 0 Å². The number of nitrogens with one attached hydrogen (secondary N) is 3. The quantitative estimate of drug-likeness (QED) is 0.416. The van der Waals surface area contributed by atoms with Crippen LogP contribution >= 0.6 is 12.2 Å². The maximum absolute atomic E-state index is 11.8. The highest BCUT2D eigenvalue weighted by atomic mass is 32.1. The third kappa shape index (κ3) is 5.86. The molecule has 2 rings (SSSR count). The van der Waals surface area contributed by atoms with Crippen molar-refractivity contribution in [1.82, 2.24) is 16.2 Å². The molecule has 0 unspecified atom stereocenters. The number of hydrogen-bond acceptors (Lipinski definition) is 5. The van der Waals surface area contributed by atoms with E-state index in [-0.39, 0.29) is 18.0 Å². The molecule has 1 saturated carbocycles. The summed E-state index contributed by atoms with van der Waals surface area (Å²) in [7, 11) is 0. The van der Waals surface area contributed by atoms with E-state index in [0.29, 0.717) is 17.1 Å². The van der Waals surface area contributed by atoms with Gasteiger partial charge in [-0.05, 0) is 37.0 Å². The van der Waals surface area contributed by atoms with E-state index in [1.54, 1.807) is 6.07 Å². The number of nitro groups is 1. The zero-order valence-electron chi connectivity index (χ0n) is 14.0. The van der Waals surface area contributed by atoms with Crippen LogP contribution in [0.1, 0.15) is 32.6 Å². The van der Waals surface area contributed by atoms with Crippen LogP contribution in [0.2, 0.25) is 0 Å². The molecule has 3 N–H and O–H groups in total. The molecule has 0 spiro atoms. The van der Waals surface area contributed by atoms with Gasteiger partial charge in [0.2, 0.25) is 0 Å². The van der Waals surface area contributed by atoms with Gasteiger partial charge in [0.1, 0.15) is 0 Å². The van der Waals surface area contributed by atoms with E-state index in [4.69, 9.17) is 17.0 Å². The maximum atomic E-state index is 11.8. The number of para-hydroxylation sites is 2. The second-order valence-corrected chi connectivity index (χ2v) is 6.44. The second kappa shape index (κ2) is 9.16. The Morgan fingerprint density at radius 1 is 1.32 bits per heavy atom. The van der Waals surface area contributed by atoms with Crippen LogP contribution in [0.5, 0.6) is 5.75 Å². The molecule has 1 aromatic rings. The number of hydrogen-bond donors (Lipinski definition) is 3. The van der Waals surface area contributed by atoms with E-state index in [2.05, 4.69) is 23.1 Å². The lowest BCUT2D eigenvalue weighted by atomic mass is 9.86. The van der Waals surface area contributed by atoms with Gasteiger partial charge in [-0.25, -0.2) is 0 Å². The minimum Gasteiger partial charge on any atom is -0.477 e. The van der Waals surface area contributed by atoms with E-state index in [1.165, 1.54) is 31.0 Å². The minimum atomic E-state index is -0.560. The van der Waals surface area contributed by atoms with Crippen molar-refractivity contribution in [2.45, 2.75) is 38.6 Å². The summed E-state index contributed by atoms with van der Waals surface area (Å²) in [5.74, 6) is 0.0875. The van der Waals surface area contributed by atoms with Crippen molar-refractivity contribution in [3.05, 3.63) is 34.4 Å². The van der Waals surface area contributed by atoms with Crippen molar-refractivity contribution in [3.8, 4) is 5.75 Å². The highest BCUT2D eigenvalue weighted by Gasteiger charge is 2.21. The van der Waals surface area contributed by atoms with E-state index >= 15 is 0 Å². The van der Waals surface area contributed by atoms with Crippen LogP contribution in [-0.2, 0) is 4.79 Å². The van der Waals surface area contributed by atoms with Crippen molar-refractivity contribution in [1.29, 1.82) is 0 Å². The van der Waals surface area contributed by atoms with Crippen molar-refractivity contribution in [2.24, 2.45) is 5.92 Å². The summed E-state index contributed by atoms with van der Waals surface area (Å²) in [4.78, 5) is 22.1. The summed E-state index contributed by atoms with van der Waals surface area (Å²) >= 11 is 5.17. The van der Waals surface area contributed by atoms with E-state index < -0.39 is 10.8 Å². The molecule has 0 heterocycles. The normalized spacial score (nSPS) is 19.6. The van der Waals surface area contributed by atoms with Gasteiger partial charge in [-0.3, -0.25) is 25.8 Å². The van der Waals surface area contributed by atoms with Crippen molar-refractivity contribution in [2.75, 3.05) is 6.61 Å². The van der Waals surface area contributed by atoms with Crippen LogP contribution in [0, 0.1) is 16.0 Å². The molecule has 2 atom stereocenters. The first-order chi connectivity index (χ1) is 12.0. The Kier molecular flexibility index (Phi) is 6.93. The Morgan fingerprint density at radius 3 is 2.76 bits per heavy atom. The Morgan fingerprint density at radius 2 is 2.04 bits per heavy atom. The summed E-state index contributed by atoms with van der Waals surface area (Å²) < 4.78 is 5.20. The number of amides is 1. The number of benzene rings is 1. The van der Waals surface area contributed by atoms with Crippen LogP contribution in [-0.4, -0.2) is 28.6 Å². The Labute approximate surface area is 151 Å². The molecular weight excluding hydrogens is 344 g/mol. The lowest BCUT2D eigenvalue weighted by molar-refractivity contribution is -0.385. The average molecular weight is 366 g/mol. The molecule has 1 aliphatic carbocycles. The number of ether oxygens (including phenoxy) is 1. The molecular formula is C16H22N4O4S. The van der Waals surface area contributed by atoms with E-state index in [9.17, 15) is 14.9 Å². The molecule has 8 nitrogen and oxygen atoms in total. The topological polar surface area (TPSA) is 106 Å². The molecule has 25 heavy (non-hydrogen) atoms. The number of thiocarbonyl (C=S) groups is 1. The van der Waals surface area contributed by atoms with Gasteiger partial charge in [-0.1, -0.05) is 31.9 Å². The van der Waals surface area contributed by atoms with Crippen molar-refractivity contribution >= 4 is 28.9 Å². The number of rotatable bonds is 5. The number of nitrogens with zero attached hydrogens (tertiary/aromatic N) is 1. The van der Waals surface area contributed by atoms with E-state index in [1.807, 2.05) is 0 Å². The van der Waals surface area contributed by atoms with Gasteiger partial charge >= 0.3 is 5.69 Å². The monoisotopic (exact) mass is 366 g/mol. The largest absolute Gasteiger partial charge is 0.477 e. The number of hydrazine groups is 1. The average Bonchev–Trinajstić information content (AvgIpc) is 2.60. The predicted octanol–water partition coefficient (Wildman–Crippen LogP) is 2.05. The summed E-state index contributed by atoms with van der Waals surface area (Å²) in [5, 5.41) is 14.4.